The number of β-amino-alcohol motifs (C(OH)–C–C–N with tert-alkyl or cyclic N) is 1. The number of nitrogens with one attached hydrogen (secondary N) is 6. The summed E-state index contributed by atoms with van der Waals surface area (Å²) < 4.78 is 64.4. The van der Waals surface area contributed by atoms with Crippen LogP contribution in [0.25, 0.3) is 10.4 Å². The lowest BCUT2D eigenvalue weighted by Gasteiger charge is -2.35. The number of benzene rings is 3. The number of amides is 5. The Morgan fingerprint density at radius 2 is 1.66 bits per heavy atom. The van der Waals surface area contributed by atoms with Crippen molar-refractivity contribution >= 4 is 74.8 Å². The first kappa shape index (κ1) is 56.9. The minimum absolute atomic E-state index is 0.0236. The lowest BCUT2D eigenvalue weighted by atomic mass is 9.85. The maximum atomic E-state index is 14.7. The Kier molecular flexibility index (Phi) is 20.4. The fourth-order valence-corrected chi connectivity index (χ4v) is 9.31. The Morgan fingerprint density at radius 1 is 0.932 bits per heavy atom. The Bertz CT molecular complexity index is 2600. The molecule has 1 aliphatic carbocycles. The Morgan fingerprint density at radius 3 is 2.36 bits per heavy atom. The van der Waals surface area contributed by atoms with E-state index in [1.54, 1.807) is 44.5 Å². The molecule has 1 saturated heterocycles. The number of rotatable bonds is 26. The molecule has 0 radical (unpaired) electrons. The second kappa shape index (κ2) is 26.2. The second-order valence-electron chi connectivity index (χ2n) is 19.3. The summed E-state index contributed by atoms with van der Waals surface area (Å²) in [5.74, 6) is -6.00. The van der Waals surface area contributed by atoms with Gasteiger partial charge < -0.3 is 41.3 Å². The number of alkyl halides is 1. The van der Waals surface area contributed by atoms with Crippen molar-refractivity contribution in [2.75, 3.05) is 44.7 Å². The van der Waals surface area contributed by atoms with Gasteiger partial charge in [0.2, 0.25) is 11.8 Å². The zero-order valence-corrected chi connectivity index (χ0v) is 44.2. The van der Waals surface area contributed by atoms with Crippen molar-refractivity contribution in [2.24, 2.45) is 5.41 Å². The van der Waals surface area contributed by atoms with E-state index in [1.807, 2.05) is 35.6 Å². The molecule has 2 fully saturated rings. The van der Waals surface area contributed by atoms with E-state index in [0.29, 0.717) is 34.4 Å². The normalized spacial score (nSPS) is 16.4. The summed E-state index contributed by atoms with van der Waals surface area (Å²) in [7, 11) is 0. The van der Waals surface area contributed by atoms with Crippen LogP contribution in [0, 0.1) is 33.4 Å². The van der Waals surface area contributed by atoms with E-state index in [9.17, 15) is 46.6 Å². The molecule has 1 aromatic heterocycles. The van der Waals surface area contributed by atoms with Crippen LogP contribution in [0.1, 0.15) is 100 Å². The van der Waals surface area contributed by atoms with Crippen molar-refractivity contribution in [2.45, 2.75) is 116 Å². The number of aliphatic hydroxyl groups excluding tert-OH is 1. The van der Waals surface area contributed by atoms with Crippen LogP contribution in [-0.2, 0) is 30.6 Å². The molecular weight excluding hydrogens is 1090 g/mol. The van der Waals surface area contributed by atoms with Crippen LogP contribution < -0.4 is 36.8 Å². The van der Waals surface area contributed by atoms with Gasteiger partial charge in [-0.2, -0.15) is 0 Å². The number of likely N-dealkylation sites (tertiary alicyclic amines) is 1. The highest BCUT2D eigenvalue weighted by Crippen LogP contribution is 2.41. The molecule has 0 spiro atoms. The third-order valence-corrected chi connectivity index (χ3v) is 14.0. The number of hydroxylamine groups is 1. The molecule has 6 rings (SSSR count). The number of anilines is 2. The largest absolute Gasteiger partial charge is 0.483 e. The van der Waals surface area contributed by atoms with Crippen molar-refractivity contribution < 1.29 is 56.2 Å². The highest BCUT2D eigenvalue weighted by molar-refractivity contribution is 14.1. The van der Waals surface area contributed by atoms with Crippen LogP contribution in [-0.4, -0.2) is 108 Å². The van der Waals surface area contributed by atoms with Crippen LogP contribution in [0.2, 0.25) is 0 Å². The number of halogens is 5. The Labute approximate surface area is 439 Å². The van der Waals surface area contributed by atoms with Crippen LogP contribution in [0.3, 0.4) is 0 Å². The molecule has 0 bridgehead atoms. The first-order valence-corrected chi connectivity index (χ1v) is 26.2. The highest BCUT2D eigenvalue weighted by Gasteiger charge is 2.53. The number of hydrogen-bond acceptors (Lipinski definition) is 12. The van der Waals surface area contributed by atoms with Crippen molar-refractivity contribution in [1.29, 1.82) is 0 Å². The number of ether oxygens (including phenoxy) is 1. The fraction of sp³-hybridized carbons (Fsp3) is 0.490. The van der Waals surface area contributed by atoms with E-state index in [2.05, 4.69) is 37.0 Å². The summed E-state index contributed by atoms with van der Waals surface area (Å²) >= 11 is 3.37. The maximum Gasteiger partial charge on any atom is 0.277 e. The van der Waals surface area contributed by atoms with Gasteiger partial charge in [0, 0.05) is 35.2 Å². The molecule has 1 unspecified atom stereocenters. The van der Waals surface area contributed by atoms with Gasteiger partial charge in [-0.15, -0.1) is 11.3 Å². The van der Waals surface area contributed by atoms with Crippen LogP contribution in [0.4, 0.5) is 28.9 Å². The van der Waals surface area contributed by atoms with E-state index in [0.717, 1.165) is 66.9 Å². The average molecular weight is 1150 g/mol. The Hall–Kier alpha value is -5.43. The fourth-order valence-electron chi connectivity index (χ4n) is 8.05. The number of thiazole rings is 1. The van der Waals surface area contributed by atoms with Gasteiger partial charge in [-0.25, -0.2) is 28.0 Å². The molecule has 3 aromatic carbocycles. The van der Waals surface area contributed by atoms with E-state index >= 15 is 0 Å². The van der Waals surface area contributed by atoms with E-state index < -0.39 is 76.0 Å². The molecule has 2 aliphatic rings. The first-order chi connectivity index (χ1) is 34.7. The van der Waals surface area contributed by atoms with Gasteiger partial charge in [-0.1, -0.05) is 52.2 Å². The predicted octanol–water partition coefficient (Wildman–Crippen LogP) is 7.28. The van der Waals surface area contributed by atoms with Gasteiger partial charge in [0.1, 0.15) is 23.7 Å². The van der Waals surface area contributed by atoms with Gasteiger partial charge in [0.25, 0.3) is 17.7 Å². The third-order valence-electron chi connectivity index (χ3n) is 12.4. The van der Waals surface area contributed by atoms with Gasteiger partial charge in [0.05, 0.1) is 45.7 Å². The molecule has 22 heteroatoms. The van der Waals surface area contributed by atoms with Crippen molar-refractivity contribution in [3.63, 3.8) is 0 Å². The van der Waals surface area contributed by atoms with Crippen molar-refractivity contribution in [1.82, 2.24) is 36.6 Å². The quantitative estimate of drug-likeness (QED) is 0.0144. The van der Waals surface area contributed by atoms with E-state index in [4.69, 9.17) is 9.57 Å². The number of hydrogen-bond donors (Lipinski definition) is 7. The minimum atomic E-state index is -2.00. The first-order valence-electron chi connectivity index (χ1n) is 24.3. The molecule has 7 N–H and O–H groups in total. The molecule has 5 amide bonds. The Balaban J connectivity index is 0.874. The van der Waals surface area contributed by atoms with E-state index in [1.165, 1.54) is 28.4 Å². The predicted molar refractivity (Wildman–Crippen MR) is 276 cm³/mol. The number of aliphatic hydroxyl groups is 1. The number of aryl methyl sites for hydroxylation is 1. The smallest absolute Gasteiger partial charge is 0.277 e. The molecule has 1 aliphatic heterocycles. The summed E-state index contributed by atoms with van der Waals surface area (Å²) in [6.07, 6.45) is 4.20. The number of unbranched alkanes of at least 4 members (excludes halogenated alkanes) is 4. The molecule has 16 nitrogen and oxygen atoms in total. The summed E-state index contributed by atoms with van der Waals surface area (Å²) in [4.78, 5) is 77.8. The van der Waals surface area contributed by atoms with Gasteiger partial charge >= 0.3 is 0 Å². The number of nitrogens with zero attached hydrogens (tertiary/aromatic N) is 2. The summed E-state index contributed by atoms with van der Waals surface area (Å²) in [5, 5.41) is 24.7. The van der Waals surface area contributed by atoms with Gasteiger partial charge in [-0.3, -0.25) is 28.8 Å². The summed E-state index contributed by atoms with van der Waals surface area (Å²) in [5.41, 5.74) is 2.43. The maximum absolute atomic E-state index is 14.7. The van der Waals surface area contributed by atoms with Gasteiger partial charge in [0.15, 0.2) is 23.9 Å². The van der Waals surface area contributed by atoms with Crippen molar-refractivity contribution in [3.8, 4) is 16.2 Å². The highest BCUT2D eigenvalue weighted by atomic mass is 127. The van der Waals surface area contributed by atoms with Crippen LogP contribution in [0.5, 0.6) is 5.75 Å². The molecular formula is C51H63F4IN8O8S. The summed E-state index contributed by atoms with van der Waals surface area (Å²) in [6.45, 7) is 8.62. The average Bonchev–Trinajstić information content (AvgIpc) is 3.75. The lowest BCUT2D eigenvalue weighted by Crippen LogP contribution is -2.59. The topological polar surface area (TPSA) is 212 Å². The van der Waals surface area contributed by atoms with Crippen LogP contribution in [0.15, 0.2) is 54.0 Å². The number of aromatic nitrogens is 1. The summed E-state index contributed by atoms with van der Waals surface area (Å²) in [6, 6.07) is 9.28. The number of carbonyl (C=O) groups excluding carboxylic acids is 5. The third kappa shape index (κ3) is 16.0. The molecule has 3 atom stereocenters. The lowest BCUT2D eigenvalue weighted by molar-refractivity contribution is -0.145. The van der Waals surface area contributed by atoms with E-state index in [-0.39, 0.29) is 62.7 Å². The SMILES string of the molecule is Cc1ncsc1-c1ccc(CNC(=O)C2C[C@@H](O)CN2C(=O)[C@@H](NC(=O)C2(F)CC2)C(C)(C)C)c(OCC(=O)NCCCCCCCNCCCONC(=O)c2ccc(F)c(F)c2Nc2ccc(I)cc2F)c1. The monoisotopic (exact) mass is 1150 g/mol. The molecule has 4 aromatic rings. The molecule has 73 heavy (non-hydrogen) atoms. The zero-order valence-electron chi connectivity index (χ0n) is 41.2. The minimum Gasteiger partial charge on any atom is -0.483 e. The molecule has 1 saturated carbocycles. The zero-order chi connectivity index (χ0) is 52.9. The van der Waals surface area contributed by atoms with Crippen molar-refractivity contribution in [3.05, 3.63) is 91.9 Å². The number of carbonyl (C=O) groups is 5. The van der Waals surface area contributed by atoms with Gasteiger partial charge in [-0.05, 0) is 122 Å². The standard InChI is InChI=1S/C51H63F4IN8O8S/c1-30-44(73-29-60-30)31-11-12-32(26-59-47(68)39-25-34(65)27-64(39)48(69)45(50(2,3)4)62-49(70)51(55)17-18-51)40(23-31)71-28-41(66)58-21-9-7-5-6-8-19-57-20-10-22-72-63-46(67)35-14-15-36(52)42(54)43(35)61-38-16-13-33(56)24-37(38)53/h11-16,23-24,29,34,39,45,57,61,65H,5-10,17-22,25-28H2,1-4H3,(H,58,66)(H,59,68)(H,62,70)(H,63,67)/t34-,39?,45-/m1/s1. The van der Waals surface area contributed by atoms with Crippen LogP contribution >= 0.6 is 33.9 Å². The molecule has 2 heterocycles. The second-order valence-corrected chi connectivity index (χ2v) is 21.4. The molecule has 396 valence electrons.